The summed E-state index contributed by atoms with van der Waals surface area (Å²) in [4.78, 5) is 0. The molecule has 3 N–H and O–H groups in total. The minimum atomic E-state index is -0.425. The highest BCUT2D eigenvalue weighted by Gasteiger charge is 2.15. The van der Waals surface area contributed by atoms with E-state index < -0.39 is 6.10 Å². The maximum absolute atomic E-state index is 9.89. The van der Waals surface area contributed by atoms with Crippen LogP contribution in [0.4, 0.5) is 5.69 Å². The van der Waals surface area contributed by atoms with Crippen LogP contribution in [-0.2, 0) is 0 Å². The van der Waals surface area contributed by atoms with Crippen molar-refractivity contribution in [2.45, 2.75) is 31.8 Å². The number of hydrogen-bond donors (Lipinski definition) is 2. The van der Waals surface area contributed by atoms with E-state index >= 15 is 0 Å². The molecule has 0 aromatic heterocycles. The number of hydrogen-bond acceptors (Lipinski definition) is 4. The summed E-state index contributed by atoms with van der Waals surface area (Å²) >= 11 is 1.84. The standard InChI is InChI=1S/C15H23NO2S/c16-14-7-3-4-8-15(14)18-9-13(17)11-19-10-12-5-1-2-6-12/h3-4,7-8,12-13,17H,1-2,5-6,9-11,16H2. The van der Waals surface area contributed by atoms with Gasteiger partial charge in [-0.1, -0.05) is 25.0 Å². The fourth-order valence-corrected chi connectivity index (χ4v) is 3.56. The van der Waals surface area contributed by atoms with Crippen LogP contribution < -0.4 is 10.5 Å². The molecule has 4 heteroatoms. The average Bonchev–Trinajstić information content (AvgIpc) is 2.91. The Morgan fingerprint density at radius 2 is 2.05 bits per heavy atom. The summed E-state index contributed by atoms with van der Waals surface area (Å²) in [6.07, 6.45) is 5.06. The first kappa shape index (κ1) is 14.5. The Bertz CT molecular complexity index is 380. The van der Waals surface area contributed by atoms with Gasteiger partial charge in [-0.25, -0.2) is 0 Å². The van der Waals surface area contributed by atoms with E-state index in [-0.39, 0.29) is 0 Å². The van der Waals surface area contributed by atoms with E-state index in [1.165, 1.54) is 31.4 Å². The van der Waals surface area contributed by atoms with Gasteiger partial charge in [0.2, 0.25) is 0 Å². The molecule has 1 atom stereocenters. The minimum absolute atomic E-state index is 0.311. The van der Waals surface area contributed by atoms with Crippen molar-refractivity contribution in [3.63, 3.8) is 0 Å². The lowest BCUT2D eigenvalue weighted by molar-refractivity contribution is 0.127. The van der Waals surface area contributed by atoms with Gasteiger partial charge in [0, 0.05) is 5.75 Å². The number of thioether (sulfide) groups is 1. The van der Waals surface area contributed by atoms with Crippen LogP contribution in [0.3, 0.4) is 0 Å². The van der Waals surface area contributed by atoms with Crippen LogP contribution >= 0.6 is 11.8 Å². The van der Waals surface area contributed by atoms with Crippen molar-refractivity contribution in [3.8, 4) is 5.75 Å². The number of aliphatic hydroxyl groups is 1. The quantitative estimate of drug-likeness (QED) is 0.755. The first-order valence-corrected chi connectivity index (χ1v) is 8.14. The van der Waals surface area contributed by atoms with Crippen LogP contribution in [0.15, 0.2) is 24.3 Å². The van der Waals surface area contributed by atoms with Crippen LogP contribution in [0, 0.1) is 5.92 Å². The molecule has 1 unspecified atom stereocenters. The number of para-hydroxylation sites is 2. The predicted octanol–water partition coefficient (Wildman–Crippen LogP) is 2.93. The number of ether oxygens (including phenoxy) is 1. The average molecular weight is 281 g/mol. The van der Waals surface area contributed by atoms with Gasteiger partial charge in [-0.2, -0.15) is 11.8 Å². The molecule has 0 radical (unpaired) electrons. The van der Waals surface area contributed by atoms with Crippen molar-refractivity contribution in [3.05, 3.63) is 24.3 Å². The Morgan fingerprint density at radius 3 is 2.79 bits per heavy atom. The van der Waals surface area contributed by atoms with E-state index in [1.807, 2.05) is 30.0 Å². The summed E-state index contributed by atoms with van der Waals surface area (Å²) in [5.74, 6) is 3.43. The first-order valence-electron chi connectivity index (χ1n) is 6.99. The lowest BCUT2D eigenvalue weighted by Gasteiger charge is -2.14. The lowest BCUT2D eigenvalue weighted by Crippen LogP contribution is -2.21. The SMILES string of the molecule is Nc1ccccc1OCC(O)CSCC1CCCC1. The molecule has 0 spiro atoms. The normalized spacial score (nSPS) is 17.5. The summed E-state index contributed by atoms with van der Waals surface area (Å²) in [7, 11) is 0. The summed E-state index contributed by atoms with van der Waals surface area (Å²) in [5, 5.41) is 9.89. The molecule has 1 fully saturated rings. The number of rotatable bonds is 7. The number of benzene rings is 1. The van der Waals surface area contributed by atoms with Gasteiger partial charge in [0.05, 0.1) is 11.8 Å². The molecule has 1 aromatic carbocycles. The van der Waals surface area contributed by atoms with E-state index in [2.05, 4.69) is 0 Å². The summed E-state index contributed by atoms with van der Waals surface area (Å²) in [5.41, 5.74) is 6.40. The number of anilines is 1. The highest BCUT2D eigenvalue weighted by Crippen LogP contribution is 2.28. The third kappa shape index (κ3) is 4.96. The highest BCUT2D eigenvalue weighted by atomic mass is 32.2. The van der Waals surface area contributed by atoms with Gasteiger partial charge in [0.1, 0.15) is 12.4 Å². The molecular weight excluding hydrogens is 258 g/mol. The van der Waals surface area contributed by atoms with E-state index in [4.69, 9.17) is 10.5 Å². The molecule has 3 nitrogen and oxygen atoms in total. The Labute approximate surface area is 119 Å². The van der Waals surface area contributed by atoms with Gasteiger partial charge in [-0.15, -0.1) is 0 Å². The molecular formula is C15H23NO2S. The van der Waals surface area contributed by atoms with E-state index in [0.717, 1.165) is 11.7 Å². The maximum atomic E-state index is 9.89. The molecule has 0 saturated heterocycles. The Kier molecular flexibility index (Phi) is 5.86. The third-order valence-corrected chi connectivity index (χ3v) is 4.82. The number of nitrogens with two attached hydrogens (primary N) is 1. The van der Waals surface area contributed by atoms with E-state index in [9.17, 15) is 5.11 Å². The third-order valence-electron chi connectivity index (χ3n) is 3.49. The van der Waals surface area contributed by atoms with Crippen LogP contribution in [0.2, 0.25) is 0 Å². The summed E-state index contributed by atoms with van der Waals surface area (Å²) in [6, 6.07) is 7.38. The van der Waals surface area contributed by atoms with E-state index in [0.29, 0.717) is 18.0 Å². The molecule has 2 rings (SSSR count). The van der Waals surface area contributed by atoms with Gasteiger partial charge in [-0.3, -0.25) is 0 Å². The first-order chi connectivity index (χ1) is 9.25. The maximum Gasteiger partial charge on any atom is 0.142 e. The van der Waals surface area contributed by atoms with Crippen LogP contribution in [-0.4, -0.2) is 29.3 Å². The van der Waals surface area contributed by atoms with E-state index in [1.54, 1.807) is 6.07 Å². The van der Waals surface area contributed by atoms with Crippen molar-refractivity contribution in [2.24, 2.45) is 5.92 Å². The molecule has 19 heavy (non-hydrogen) atoms. The smallest absolute Gasteiger partial charge is 0.142 e. The molecule has 1 aliphatic carbocycles. The summed E-state index contributed by atoms with van der Waals surface area (Å²) < 4.78 is 5.53. The molecule has 0 amide bonds. The minimum Gasteiger partial charge on any atom is -0.489 e. The number of aliphatic hydroxyl groups excluding tert-OH is 1. The molecule has 1 aliphatic rings. The van der Waals surface area contributed by atoms with Crippen molar-refractivity contribution in [2.75, 3.05) is 23.8 Å². The van der Waals surface area contributed by atoms with Crippen LogP contribution in [0.25, 0.3) is 0 Å². The highest BCUT2D eigenvalue weighted by molar-refractivity contribution is 7.99. The molecule has 1 saturated carbocycles. The molecule has 0 bridgehead atoms. The molecule has 0 aliphatic heterocycles. The Hall–Kier alpha value is -0.870. The van der Waals surface area contributed by atoms with Gasteiger partial charge in [0.25, 0.3) is 0 Å². The topological polar surface area (TPSA) is 55.5 Å². The van der Waals surface area contributed by atoms with Crippen molar-refractivity contribution < 1.29 is 9.84 Å². The molecule has 1 aromatic rings. The van der Waals surface area contributed by atoms with Crippen molar-refractivity contribution >= 4 is 17.4 Å². The monoisotopic (exact) mass is 281 g/mol. The van der Waals surface area contributed by atoms with Crippen LogP contribution in [0.5, 0.6) is 5.75 Å². The largest absolute Gasteiger partial charge is 0.489 e. The predicted molar refractivity (Wildman–Crippen MR) is 81.6 cm³/mol. The fraction of sp³-hybridized carbons (Fsp3) is 0.600. The summed E-state index contributed by atoms with van der Waals surface area (Å²) in [6.45, 7) is 0.311. The lowest BCUT2D eigenvalue weighted by atomic mass is 10.1. The van der Waals surface area contributed by atoms with Crippen LogP contribution in [0.1, 0.15) is 25.7 Å². The van der Waals surface area contributed by atoms with Gasteiger partial charge < -0.3 is 15.6 Å². The zero-order valence-electron chi connectivity index (χ0n) is 11.3. The molecule has 106 valence electrons. The Morgan fingerprint density at radius 1 is 1.32 bits per heavy atom. The second-order valence-corrected chi connectivity index (χ2v) is 6.27. The van der Waals surface area contributed by atoms with Crippen molar-refractivity contribution in [1.82, 2.24) is 0 Å². The molecule has 0 heterocycles. The number of nitrogen functional groups attached to an aromatic ring is 1. The zero-order valence-corrected chi connectivity index (χ0v) is 12.1. The second-order valence-electron chi connectivity index (χ2n) is 5.19. The van der Waals surface area contributed by atoms with Gasteiger partial charge in [-0.05, 0) is 36.6 Å². The zero-order chi connectivity index (χ0) is 13.5. The van der Waals surface area contributed by atoms with Gasteiger partial charge >= 0.3 is 0 Å². The Balaban J connectivity index is 1.61. The fourth-order valence-electron chi connectivity index (χ4n) is 2.39. The van der Waals surface area contributed by atoms with Crippen molar-refractivity contribution in [1.29, 1.82) is 0 Å². The second kappa shape index (κ2) is 7.65. The van der Waals surface area contributed by atoms with Gasteiger partial charge in [0.15, 0.2) is 0 Å².